The molecule has 3 N–H and O–H groups in total. The second-order valence-corrected chi connectivity index (χ2v) is 9.66. The van der Waals surface area contributed by atoms with Crippen molar-refractivity contribution in [2.75, 3.05) is 23.4 Å². The van der Waals surface area contributed by atoms with Gasteiger partial charge in [0, 0.05) is 35.5 Å². The standard InChI is InChI=1S/C25H30BrN5O2.3ClH/c1-17(2)15-33-25(32)30-23-10-24-19(9-22(23)26)11-28-20(8-18-6-4-3-5-7-18)13-31(24)14-21-12-27-16-29-21;;;/h3-7,9-10,12,16-17,20,28H,8,11,13-15H2,1-2H3,(H,27,29)(H,30,32);3*1H. The van der Waals surface area contributed by atoms with Gasteiger partial charge in [-0.15, -0.1) is 37.2 Å². The lowest BCUT2D eigenvalue weighted by atomic mass is 10.1. The van der Waals surface area contributed by atoms with Gasteiger partial charge >= 0.3 is 6.09 Å². The maximum absolute atomic E-state index is 12.3. The minimum Gasteiger partial charge on any atom is -0.449 e. The molecule has 1 aliphatic rings. The molecule has 1 atom stereocenters. The van der Waals surface area contributed by atoms with Crippen LogP contribution in [0.15, 0.2) is 59.5 Å². The van der Waals surface area contributed by atoms with Crippen molar-refractivity contribution in [2.45, 2.75) is 39.4 Å². The third-order valence-electron chi connectivity index (χ3n) is 5.56. The molecule has 0 bridgehead atoms. The molecule has 1 aliphatic heterocycles. The number of halogens is 4. The van der Waals surface area contributed by atoms with Crippen LogP contribution in [0.5, 0.6) is 0 Å². The number of ether oxygens (including phenoxy) is 1. The van der Waals surface area contributed by atoms with Crippen molar-refractivity contribution in [3.8, 4) is 0 Å². The number of aromatic amines is 1. The Bertz CT molecular complexity index is 1070. The minimum atomic E-state index is -0.446. The van der Waals surface area contributed by atoms with Crippen molar-refractivity contribution in [1.82, 2.24) is 15.3 Å². The highest BCUT2D eigenvalue weighted by molar-refractivity contribution is 9.10. The van der Waals surface area contributed by atoms with Crippen LogP contribution in [0.3, 0.4) is 0 Å². The van der Waals surface area contributed by atoms with Gasteiger partial charge in [0.15, 0.2) is 0 Å². The molecule has 1 unspecified atom stereocenters. The highest BCUT2D eigenvalue weighted by Crippen LogP contribution is 2.34. The van der Waals surface area contributed by atoms with Crippen molar-refractivity contribution in [3.63, 3.8) is 0 Å². The summed E-state index contributed by atoms with van der Waals surface area (Å²) in [6, 6.07) is 14.9. The zero-order valence-electron chi connectivity index (χ0n) is 20.2. The molecule has 11 heteroatoms. The summed E-state index contributed by atoms with van der Waals surface area (Å²) in [5, 5.41) is 6.61. The van der Waals surface area contributed by atoms with E-state index >= 15 is 0 Å². The summed E-state index contributed by atoms with van der Waals surface area (Å²) in [5.41, 5.74) is 5.28. The van der Waals surface area contributed by atoms with E-state index in [1.165, 1.54) is 5.56 Å². The average Bonchev–Trinajstić information content (AvgIpc) is 3.25. The van der Waals surface area contributed by atoms with E-state index in [0.717, 1.165) is 40.9 Å². The molecule has 2 aromatic carbocycles. The number of benzene rings is 2. The molecule has 0 fully saturated rings. The van der Waals surface area contributed by atoms with Gasteiger partial charge in [0.05, 0.1) is 30.9 Å². The van der Waals surface area contributed by atoms with Crippen LogP contribution in [-0.4, -0.2) is 35.3 Å². The summed E-state index contributed by atoms with van der Waals surface area (Å²) in [6.07, 6.45) is 4.04. The van der Waals surface area contributed by atoms with E-state index in [2.05, 4.69) is 71.8 Å². The fourth-order valence-corrected chi connectivity index (χ4v) is 4.46. The Hall–Kier alpha value is -1.97. The van der Waals surface area contributed by atoms with Crippen LogP contribution in [0, 0.1) is 5.92 Å². The van der Waals surface area contributed by atoms with Crippen LogP contribution >= 0.6 is 53.2 Å². The van der Waals surface area contributed by atoms with Crippen LogP contribution in [-0.2, 0) is 24.2 Å². The normalized spacial score (nSPS) is 14.4. The van der Waals surface area contributed by atoms with E-state index in [9.17, 15) is 4.79 Å². The van der Waals surface area contributed by atoms with Crippen LogP contribution < -0.4 is 15.5 Å². The second-order valence-electron chi connectivity index (χ2n) is 8.80. The molecule has 3 aromatic rings. The first-order valence-corrected chi connectivity index (χ1v) is 12.0. The maximum Gasteiger partial charge on any atom is 0.411 e. The number of nitrogens with one attached hydrogen (secondary N) is 3. The van der Waals surface area contributed by atoms with Gasteiger partial charge in [0.1, 0.15) is 0 Å². The number of anilines is 2. The van der Waals surface area contributed by atoms with Gasteiger partial charge in [0.25, 0.3) is 0 Å². The minimum absolute atomic E-state index is 0. The zero-order chi connectivity index (χ0) is 23.2. The fraction of sp³-hybridized carbons (Fsp3) is 0.360. The number of fused-ring (bicyclic) bond motifs is 1. The molecular weight excluding hydrogens is 589 g/mol. The Morgan fingerprint density at radius 1 is 1.22 bits per heavy atom. The molecule has 36 heavy (non-hydrogen) atoms. The Kier molecular flexibility index (Phi) is 13.6. The summed E-state index contributed by atoms with van der Waals surface area (Å²) in [5.74, 6) is 0.281. The topological polar surface area (TPSA) is 82.3 Å². The average molecular weight is 622 g/mol. The zero-order valence-corrected chi connectivity index (χ0v) is 24.2. The fourth-order valence-electron chi connectivity index (χ4n) is 3.97. The third-order valence-corrected chi connectivity index (χ3v) is 6.21. The molecule has 7 nitrogen and oxygen atoms in total. The Balaban J connectivity index is 0.00000216. The van der Waals surface area contributed by atoms with Gasteiger partial charge in [-0.2, -0.15) is 0 Å². The van der Waals surface area contributed by atoms with Gasteiger partial charge in [-0.3, -0.25) is 5.32 Å². The van der Waals surface area contributed by atoms with E-state index in [4.69, 9.17) is 4.74 Å². The number of aromatic nitrogens is 2. The molecular formula is C25H33BrCl3N5O2. The molecule has 4 rings (SSSR count). The van der Waals surface area contributed by atoms with Gasteiger partial charge in [-0.25, -0.2) is 9.78 Å². The summed E-state index contributed by atoms with van der Waals surface area (Å²) in [6.45, 7) is 6.66. The van der Waals surface area contributed by atoms with Crippen LogP contribution in [0.2, 0.25) is 0 Å². The van der Waals surface area contributed by atoms with Crippen molar-refractivity contribution >= 4 is 70.6 Å². The van der Waals surface area contributed by atoms with E-state index in [1.807, 2.05) is 32.2 Å². The lowest BCUT2D eigenvalue weighted by Crippen LogP contribution is -2.39. The molecule has 198 valence electrons. The Morgan fingerprint density at radius 3 is 2.64 bits per heavy atom. The SMILES string of the molecule is CC(C)COC(=O)Nc1cc2c(cc1Br)CNC(Cc1ccccc1)CN2Cc1cnc[nH]1.Cl.Cl.Cl. The number of nitrogens with zero attached hydrogens (tertiary/aromatic N) is 2. The first-order chi connectivity index (χ1) is 16.0. The lowest BCUT2D eigenvalue weighted by molar-refractivity contribution is 0.147. The molecule has 0 aliphatic carbocycles. The number of carbonyl (C=O) groups is 1. The Labute approximate surface area is 239 Å². The number of imidazole rings is 1. The molecule has 0 spiro atoms. The number of amides is 1. The molecule has 2 heterocycles. The highest BCUT2D eigenvalue weighted by Gasteiger charge is 2.24. The third kappa shape index (κ3) is 8.85. The highest BCUT2D eigenvalue weighted by atomic mass is 79.9. The smallest absolute Gasteiger partial charge is 0.411 e. The van der Waals surface area contributed by atoms with Crippen LogP contribution in [0.4, 0.5) is 16.2 Å². The first kappa shape index (κ1) is 32.1. The lowest BCUT2D eigenvalue weighted by Gasteiger charge is -2.28. The van der Waals surface area contributed by atoms with Gasteiger partial charge in [0.2, 0.25) is 0 Å². The Morgan fingerprint density at radius 2 is 1.97 bits per heavy atom. The largest absolute Gasteiger partial charge is 0.449 e. The molecule has 0 saturated heterocycles. The van der Waals surface area contributed by atoms with Crippen LogP contribution in [0.25, 0.3) is 0 Å². The summed E-state index contributed by atoms with van der Waals surface area (Å²) >= 11 is 3.63. The van der Waals surface area contributed by atoms with E-state index < -0.39 is 6.09 Å². The van der Waals surface area contributed by atoms with Crippen molar-refractivity contribution in [1.29, 1.82) is 0 Å². The van der Waals surface area contributed by atoms with Gasteiger partial charge in [-0.05, 0) is 51.5 Å². The monoisotopic (exact) mass is 619 g/mol. The molecule has 0 saturated carbocycles. The van der Waals surface area contributed by atoms with Gasteiger partial charge < -0.3 is 19.9 Å². The number of hydrogen-bond donors (Lipinski definition) is 3. The van der Waals surface area contributed by atoms with Crippen molar-refractivity contribution in [2.24, 2.45) is 5.92 Å². The number of H-pyrrole nitrogens is 1. The molecule has 0 radical (unpaired) electrons. The first-order valence-electron chi connectivity index (χ1n) is 11.2. The predicted molar refractivity (Wildman–Crippen MR) is 156 cm³/mol. The van der Waals surface area contributed by atoms with Crippen molar-refractivity contribution in [3.05, 3.63) is 76.3 Å². The maximum atomic E-state index is 12.3. The summed E-state index contributed by atoms with van der Waals surface area (Å²) < 4.78 is 6.14. The van der Waals surface area contributed by atoms with E-state index in [1.54, 1.807) is 6.33 Å². The molecule has 1 aromatic heterocycles. The molecule has 1 amide bonds. The van der Waals surface area contributed by atoms with E-state index in [-0.39, 0.29) is 49.2 Å². The number of carbonyl (C=O) groups excluding carboxylic acids is 1. The van der Waals surface area contributed by atoms with Gasteiger partial charge in [-0.1, -0.05) is 44.2 Å². The van der Waals surface area contributed by atoms with Crippen LogP contribution in [0.1, 0.15) is 30.7 Å². The number of rotatable bonds is 7. The summed E-state index contributed by atoms with van der Waals surface area (Å²) in [4.78, 5) is 22.0. The summed E-state index contributed by atoms with van der Waals surface area (Å²) in [7, 11) is 0. The second kappa shape index (κ2) is 15.3. The predicted octanol–water partition coefficient (Wildman–Crippen LogP) is 6.36. The van der Waals surface area contributed by atoms with E-state index in [0.29, 0.717) is 18.8 Å². The number of hydrogen-bond acceptors (Lipinski definition) is 5. The van der Waals surface area contributed by atoms with Crippen molar-refractivity contribution < 1.29 is 9.53 Å². The quantitative estimate of drug-likeness (QED) is 0.286.